The molecule has 1 fully saturated rings. The van der Waals surface area contributed by atoms with Crippen molar-refractivity contribution in [2.45, 2.75) is 63.6 Å². The summed E-state index contributed by atoms with van der Waals surface area (Å²) in [6.45, 7) is 6.51. The summed E-state index contributed by atoms with van der Waals surface area (Å²) in [6, 6.07) is 0.419. The van der Waals surface area contributed by atoms with Crippen molar-refractivity contribution in [3.05, 3.63) is 5.82 Å². The van der Waals surface area contributed by atoms with E-state index >= 15 is 0 Å². The highest BCUT2D eigenvalue weighted by Gasteiger charge is 2.27. The van der Waals surface area contributed by atoms with E-state index in [0.29, 0.717) is 17.9 Å². The molecule has 6 heteroatoms. The molecule has 2 unspecified atom stereocenters. The van der Waals surface area contributed by atoms with Crippen LogP contribution in [0.15, 0.2) is 5.16 Å². The summed E-state index contributed by atoms with van der Waals surface area (Å²) in [5.74, 6) is 1.23. The first-order valence-electron chi connectivity index (χ1n) is 7.28. The third kappa shape index (κ3) is 3.53. The Labute approximate surface area is 124 Å². The van der Waals surface area contributed by atoms with Crippen LogP contribution in [-0.2, 0) is 4.79 Å². The summed E-state index contributed by atoms with van der Waals surface area (Å²) in [5.41, 5.74) is 0. The van der Waals surface area contributed by atoms with Crippen molar-refractivity contribution in [3.8, 4) is 0 Å². The van der Waals surface area contributed by atoms with Gasteiger partial charge in [0.25, 0.3) is 0 Å². The van der Waals surface area contributed by atoms with Crippen molar-refractivity contribution < 1.29 is 9.90 Å². The Morgan fingerprint density at radius 1 is 1.45 bits per heavy atom. The topological polar surface area (TPSA) is 68.0 Å². The second-order valence-electron chi connectivity index (χ2n) is 5.97. The molecule has 0 amide bonds. The van der Waals surface area contributed by atoms with E-state index in [9.17, 15) is 4.79 Å². The summed E-state index contributed by atoms with van der Waals surface area (Å²) in [4.78, 5) is 10.8. The molecule has 1 aromatic heterocycles. The molecule has 5 nitrogen and oxygen atoms in total. The zero-order valence-corrected chi connectivity index (χ0v) is 13.2. The predicted molar refractivity (Wildman–Crippen MR) is 79.1 cm³/mol. The van der Waals surface area contributed by atoms with Crippen LogP contribution in [0.3, 0.4) is 0 Å². The van der Waals surface area contributed by atoms with E-state index in [2.05, 4.69) is 35.5 Å². The van der Waals surface area contributed by atoms with Crippen LogP contribution in [-0.4, -0.2) is 31.6 Å². The van der Waals surface area contributed by atoms with Gasteiger partial charge in [-0.05, 0) is 18.8 Å². The lowest BCUT2D eigenvalue weighted by Crippen LogP contribution is -2.21. The van der Waals surface area contributed by atoms with E-state index in [-0.39, 0.29) is 5.75 Å². The molecule has 1 aromatic rings. The van der Waals surface area contributed by atoms with Gasteiger partial charge in [-0.2, -0.15) is 0 Å². The standard InChI is InChI=1S/C14H23N3O2S/c1-9(2)13-15-16-14(20-8-12(18)19)17(13)11-6-4-5-10(3)7-11/h9-11H,4-8H2,1-3H3,(H,18,19). The van der Waals surface area contributed by atoms with E-state index < -0.39 is 5.97 Å². The number of hydrogen-bond acceptors (Lipinski definition) is 4. The zero-order valence-electron chi connectivity index (χ0n) is 12.4. The second-order valence-corrected chi connectivity index (χ2v) is 6.92. The van der Waals surface area contributed by atoms with Gasteiger partial charge in [-0.3, -0.25) is 4.79 Å². The van der Waals surface area contributed by atoms with Gasteiger partial charge in [0.15, 0.2) is 5.16 Å². The molecule has 0 aromatic carbocycles. The van der Waals surface area contributed by atoms with Crippen molar-refractivity contribution in [1.82, 2.24) is 14.8 Å². The molecule has 0 aliphatic heterocycles. The molecule has 20 heavy (non-hydrogen) atoms. The number of hydrogen-bond donors (Lipinski definition) is 1. The second kappa shape index (κ2) is 6.61. The number of aliphatic carboxylic acids is 1. The molecule has 0 spiro atoms. The van der Waals surface area contributed by atoms with Crippen molar-refractivity contribution in [2.24, 2.45) is 5.92 Å². The molecule has 1 N–H and O–H groups in total. The summed E-state index contributed by atoms with van der Waals surface area (Å²) in [7, 11) is 0. The highest BCUT2D eigenvalue weighted by molar-refractivity contribution is 7.99. The third-order valence-corrected chi connectivity index (χ3v) is 4.73. The fourth-order valence-electron chi connectivity index (χ4n) is 2.89. The van der Waals surface area contributed by atoms with Crippen LogP contribution in [0, 0.1) is 5.92 Å². The first-order valence-corrected chi connectivity index (χ1v) is 8.27. The molecule has 0 saturated heterocycles. The Hall–Kier alpha value is -1.04. The van der Waals surface area contributed by atoms with Crippen molar-refractivity contribution >= 4 is 17.7 Å². The van der Waals surface area contributed by atoms with Gasteiger partial charge in [-0.1, -0.05) is 45.4 Å². The lowest BCUT2D eigenvalue weighted by molar-refractivity contribution is -0.133. The first kappa shape index (κ1) is 15.4. The first-order chi connectivity index (χ1) is 9.49. The Kier molecular flexibility index (Phi) is 5.07. The van der Waals surface area contributed by atoms with Crippen molar-refractivity contribution in [1.29, 1.82) is 0 Å². The maximum atomic E-state index is 10.8. The van der Waals surface area contributed by atoms with Crippen molar-refractivity contribution in [3.63, 3.8) is 0 Å². The van der Waals surface area contributed by atoms with Crippen LogP contribution in [0.4, 0.5) is 0 Å². The van der Waals surface area contributed by atoms with Crippen LogP contribution in [0.5, 0.6) is 0 Å². The Balaban J connectivity index is 2.26. The van der Waals surface area contributed by atoms with Crippen LogP contribution < -0.4 is 0 Å². The fraction of sp³-hybridized carbons (Fsp3) is 0.786. The molecule has 0 radical (unpaired) electrons. The van der Waals surface area contributed by atoms with Crippen LogP contribution >= 0.6 is 11.8 Å². The summed E-state index contributed by atoms with van der Waals surface area (Å²) in [6.07, 6.45) is 4.79. The van der Waals surface area contributed by atoms with Crippen LogP contribution in [0.1, 0.15) is 64.2 Å². The molecule has 1 aliphatic carbocycles. The molecule has 0 bridgehead atoms. The highest BCUT2D eigenvalue weighted by Crippen LogP contribution is 2.36. The lowest BCUT2D eigenvalue weighted by Gasteiger charge is -2.30. The molecule has 2 rings (SSSR count). The maximum absolute atomic E-state index is 10.8. The summed E-state index contributed by atoms with van der Waals surface area (Å²) >= 11 is 1.28. The van der Waals surface area contributed by atoms with Gasteiger partial charge in [0.05, 0.1) is 5.75 Å². The molecule has 1 heterocycles. The van der Waals surface area contributed by atoms with Gasteiger partial charge in [-0.25, -0.2) is 0 Å². The van der Waals surface area contributed by atoms with Crippen molar-refractivity contribution in [2.75, 3.05) is 5.75 Å². The minimum atomic E-state index is -0.812. The monoisotopic (exact) mass is 297 g/mol. The van der Waals surface area contributed by atoms with E-state index in [4.69, 9.17) is 5.11 Å². The van der Waals surface area contributed by atoms with Gasteiger partial charge in [0.2, 0.25) is 0 Å². The summed E-state index contributed by atoms with van der Waals surface area (Å²) < 4.78 is 2.20. The Bertz CT molecular complexity index is 473. The van der Waals surface area contributed by atoms with Gasteiger partial charge >= 0.3 is 5.97 Å². The third-order valence-electron chi connectivity index (χ3n) is 3.81. The lowest BCUT2D eigenvalue weighted by atomic mass is 9.87. The number of thioether (sulfide) groups is 1. The molecule has 1 saturated carbocycles. The number of nitrogens with zero attached hydrogens (tertiary/aromatic N) is 3. The minimum absolute atomic E-state index is 0.0402. The van der Waals surface area contributed by atoms with Gasteiger partial charge < -0.3 is 9.67 Å². The number of carbonyl (C=O) groups is 1. The Morgan fingerprint density at radius 3 is 2.80 bits per heavy atom. The quantitative estimate of drug-likeness (QED) is 0.844. The SMILES string of the molecule is CC1CCCC(n2c(SCC(=O)O)nnc2C(C)C)C1. The predicted octanol–water partition coefficient (Wildman–Crippen LogP) is 3.33. The van der Waals surface area contributed by atoms with Gasteiger partial charge in [0, 0.05) is 12.0 Å². The van der Waals surface area contributed by atoms with E-state index in [1.54, 1.807) is 0 Å². The minimum Gasteiger partial charge on any atom is -0.481 e. The van der Waals surface area contributed by atoms with E-state index in [1.165, 1.54) is 24.6 Å². The van der Waals surface area contributed by atoms with Crippen LogP contribution in [0.2, 0.25) is 0 Å². The van der Waals surface area contributed by atoms with Gasteiger partial charge in [-0.15, -0.1) is 10.2 Å². The van der Waals surface area contributed by atoms with Gasteiger partial charge in [0.1, 0.15) is 5.82 Å². The zero-order chi connectivity index (χ0) is 14.7. The highest BCUT2D eigenvalue weighted by atomic mass is 32.2. The van der Waals surface area contributed by atoms with E-state index in [0.717, 1.165) is 23.8 Å². The van der Waals surface area contributed by atoms with Crippen LogP contribution in [0.25, 0.3) is 0 Å². The molecular formula is C14H23N3O2S. The largest absolute Gasteiger partial charge is 0.481 e. The van der Waals surface area contributed by atoms with E-state index in [1.807, 2.05) is 0 Å². The molecular weight excluding hydrogens is 274 g/mol. The summed E-state index contributed by atoms with van der Waals surface area (Å²) in [5, 5.41) is 18.1. The average Bonchev–Trinajstić information content (AvgIpc) is 2.80. The Morgan fingerprint density at radius 2 is 2.20 bits per heavy atom. The maximum Gasteiger partial charge on any atom is 0.313 e. The molecule has 1 aliphatic rings. The molecule has 112 valence electrons. The average molecular weight is 297 g/mol. The number of carboxylic acid groups (broad SMARTS) is 1. The number of rotatable bonds is 5. The molecule has 2 atom stereocenters. The number of carboxylic acids is 1. The normalized spacial score (nSPS) is 23.2. The smallest absolute Gasteiger partial charge is 0.313 e. The fourth-order valence-corrected chi connectivity index (χ4v) is 3.62. The number of aromatic nitrogens is 3.